The first-order valence-corrected chi connectivity index (χ1v) is 6.93. The fourth-order valence-electron chi connectivity index (χ4n) is 2.26. The summed E-state index contributed by atoms with van der Waals surface area (Å²) in [6.07, 6.45) is 1.23. The number of benzene rings is 2. The Bertz CT molecular complexity index is 498. The normalized spacial score (nSPS) is 14.6. The molecule has 0 saturated carbocycles. The van der Waals surface area contributed by atoms with E-state index < -0.39 is 0 Å². The summed E-state index contributed by atoms with van der Waals surface area (Å²) in [4.78, 5) is 0. The molecule has 0 spiro atoms. The van der Waals surface area contributed by atoms with Crippen molar-refractivity contribution < 1.29 is 0 Å². The summed E-state index contributed by atoms with van der Waals surface area (Å²) in [7, 11) is 0. The van der Waals surface area contributed by atoms with Crippen LogP contribution in [0.2, 0.25) is 0 Å². The van der Waals surface area contributed by atoms with Crippen molar-refractivity contribution in [3.8, 4) is 0 Å². The highest BCUT2D eigenvalue weighted by molar-refractivity contribution is 5.86. The lowest BCUT2D eigenvalue weighted by Crippen LogP contribution is -2.24. The maximum Gasteiger partial charge on any atom is 0.0298 e. The van der Waals surface area contributed by atoms with Crippen LogP contribution in [0.4, 0.5) is 0 Å². The number of nitrogens with one attached hydrogen (secondary N) is 1. The molecule has 2 aromatic rings. The molecule has 0 fully saturated rings. The molecule has 0 aliphatic rings. The van der Waals surface area contributed by atoms with E-state index in [1.807, 2.05) is 0 Å². The van der Waals surface area contributed by atoms with E-state index in [0.29, 0.717) is 6.04 Å². The standard InChI is InChI=1S/C17H23N/c1-4-13(2)12-18-14(3)16-11-7-9-15-8-5-6-10-17(15)16/h5-11,13-14,18H,4,12H2,1-3H3/t13?,14-/m1/s1. The molecule has 1 nitrogen and oxygen atoms in total. The average molecular weight is 241 g/mol. The first kappa shape index (κ1) is 13.1. The van der Waals surface area contributed by atoms with Crippen LogP contribution in [0.5, 0.6) is 0 Å². The van der Waals surface area contributed by atoms with Crippen LogP contribution in [-0.2, 0) is 0 Å². The zero-order valence-corrected chi connectivity index (χ0v) is 11.6. The molecule has 0 bridgehead atoms. The Kier molecular flexibility index (Phi) is 4.38. The Hall–Kier alpha value is -1.34. The van der Waals surface area contributed by atoms with Gasteiger partial charge in [0.15, 0.2) is 0 Å². The Morgan fingerprint density at radius 3 is 2.50 bits per heavy atom. The first-order chi connectivity index (χ1) is 8.72. The van der Waals surface area contributed by atoms with Crippen molar-refractivity contribution in [1.82, 2.24) is 5.32 Å². The molecule has 0 amide bonds. The minimum Gasteiger partial charge on any atom is -0.310 e. The molecular formula is C17H23N. The SMILES string of the molecule is CCC(C)CN[C@H](C)c1cccc2ccccc12. The molecule has 1 heteroatoms. The molecule has 2 rings (SSSR count). The fourth-order valence-corrected chi connectivity index (χ4v) is 2.26. The summed E-state index contributed by atoms with van der Waals surface area (Å²) in [6, 6.07) is 15.6. The molecule has 0 aliphatic carbocycles. The Morgan fingerprint density at radius 2 is 1.72 bits per heavy atom. The van der Waals surface area contributed by atoms with Gasteiger partial charge in [-0.2, -0.15) is 0 Å². The van der Waals surface area contributed by atoms with Gasteiger partial charge >= 0.3 is 0 Å². The molecular weight excluding hydrogens is 218 g/mol. The minimum atomic E-state index is 0.408. The van der Waals surface area contributed by atoms with Gasteiger partial charge in [0.25, 0.3) is 0 Å². The van der Waals surface area contributed by atoms with Crippen molar-refractivity contribution in [1.29, 1.82) is 0 Å². The molecule has 1 unspecified atom stereocenters. The quantitative estimate of drug-likeness (QED) is 0.810. The van der Waals surface area contributed by atoms with Gasteiger partial charge in [-0.1, -0.05) is 62.7 Å². The van der Waals surface area contributed by atoms with Gasteiger partial charge in [-0.05, 0) is 35.7 Å². The highest BCUT2D eigenvalue weighted by Gasteiger charge is 2.09. The average Bonchev–Trinajstić information content (AvgIpc) is 2.43. The third kappa shape index (κ3) is 2.91. The Labute approximate surface area is 110 Å². The van der Waals surface area contributed by atoms with E-state index in [1.54, 1.807) is 0 Å². The molecule has 0 aliphatic heterocycles. The highest BCUT2D eigenvalue weighted by Crippen LogP contribution is 2.24. The summed E-state index contributed by atoms with van der Waals surface area (Å²) in [5.74, 6) is 0.738. The van der Waals surface area contributed by atoms with Crippen molar-refractivity contribution in [2.75, 3.05) is 6.54 Å². The Balaban J connectivity index is 2.19. The van der Waals surface area contributed by atoms with Gasteiger partial charge < -0.3 is 5.32 Å². The first-order valence-electron chi connectivity index (χ1n) is 6.93. The minimum absolute atomic E-state index is 0.408. The molecule has 2 aromatic carbocycles. The van der Waals surface area contributed by atoms with Crippen LogP contribution in [0.15, 0.2) is 42.5 Å². The van der Waals surface area contributed by atoms with Crippen LogP contribution >= 0.6 is 0 Å². The summed E-state index contributed by atoms with van der Waals surface area (Å²) in [5.41, 5.74) is 1.40. The fraction of sp³-hybridized carbons (Fsp3) is 0.412. The van der Waals surface area contributed by atoms with E-state index in [0.717, 1.165) is 12.5 Å². The molecule has 1 N–H and O–H groups in total. The van der Waals surface area contributed by atoms with E-state index in [2.05, 4.69) is 68.6 Å². The zero-order valence-electron chi connectivity index (χ0n) is 11.6. The van der Waals surface area contributed by atoms with Gasteiger partial charge in [0.05, 0.1) is 0 Å². The van der Waals surface area contributed by atoms with Crippen molar-refractivity contribution >= 4 is 10.8 Å². The monoisotopic (exact) mass is 241 g/mol. The number of hydrogen-bond donors (Lipinski definition) is 1. The topological polar surface area (TPSA) is 12.0 Å². The van der Waals surface area contributed by atoms with Gasteiger partial charge in [0, 0.05) is 6.04 Å². The lowest BCUT2D eigenvalue weighted by atomic mass is 9.99. The Morgan fingerprint density at radius 1 is 1.00 bits per heavy atom. The van der Waals surface area contributed by atoms with Crippen LogP contribution in [0.25, 0.3) is 10.8 Å². The maximum atomic E-state index is 3.64. The summed E-state index contributed by atoms with van der Waals surface area (Å²) in [6.45, 7) is 7.88. The molecule has 0 radical (unpaired) electrons. The third-order valence-electron chi connectivity index (χ3n) is 3.76. The van der Waals surface area contributed by atoms with Crippen LogP contribution < -0.4 is 5.32 Å². The lowest BCUT2D eigenvalue weighted by molar-refractivity contribution is 0.462. The maximum absolute atomic E-state index is 3.64. The van der Waals surface area contributed by atoms with Crippen LogP contribution in [0.3, 0.4) is 0 Å². The van der Waals surface area contributed by atoms with Gasteiger partial charge in [-0.3, -0.25) is 0 Å². The highest BCUT2D eigenvalue weighted by atomic mass is 14.9. The van der Waals surface area contributed by atoms with E-state index in [-0.39, 0.29) is 0 Å². The molecule has 0 saturated heterocycles. The number of fused-ring (bicyclic) bond motifs is 1. The van der Waals surface area contributed by atoms with Crippen molar-refractivity contribution in [3.05, 3.63) is 48.0 Å². The van der Waals surface area contributed by atoms with E-state index >= 15 is 0 Å². The smallest absolute Gasteiger partial charge is 0.0298 e. The third-order valence-corrected chi connectivity index (χ3v) is 3.76. The predicted octanol–water partition coefficient (Wildman–Crippen LogP) is 4.54. The van der Waals surface area contributed by atoms with Crippen molar-refractivity contribution in [2.45, 2.75) is 33.2 Å². The summed E-state index contributed by atoms with van der Waals surface area (Å²) >= 11 is 0. The van der Waals surface area contributed by atoms with Crippen molar-refractivity contribution in [2.24, 2.45) is 5.92 Å². The number of rotatable bonds is 5. The van der Waals surface area contributed by atoms with E-state index in [1.165, 1.54) is 22.8 Å². The second-order valence-electron chi connectivity index (χ2n) is 5.21. The molecule has 18 heavy (non-hydrogen) atoms. The predicted molar refractivity (Wildman–Crippen MR) is 79.8 cm³/mol. The van der Waals surface area contributed by atoms with Crippen LogP contribution in [0.1, 0.15) is 38.8 Å². The van der Waals surface area contributed by atoms with E-state index in [4.69, 9.17) is 0 Å². The molecule has 0 heterocycles. The summed E-state index contributed by atoms with van der Waals surface area (Å²) < 4.78 is 0. The van der Waals surface area contributed by atoms with Gasteiger partial charge in [-0.25, -0.2) is 0 Å². The molecule has 2 atom stereocenters. The zero-order chi connectivity index (χ0) is 13.0. The van der Waals surface area contributed by atoms with Crippen molar-refractivity contribution in [3.63, 3.8) is 0 Å². The lowest BCUT2D eigenvalue weighted by Gasteiger charge is -2.19. The summed E-state index contributed by atoms with van der Waals surface area (Å²) in [5, 5.41) is 6.33. The largest absolute Gasteiger partial charge is 0.310 e. The van der Waals surface area contributed by atoms with Gasteiger partial charge in [0.2, 0.25) is 0 Å². The second kappa shape index (κ2) is 6.01. The second-order valence-corrected chi connectivity index (χ2v) is 5.21. The van der Waals surface area contributed by atoms with Crippen LogP contribution in [0, 0.1) is 5.92 Å². The van der Waals surface area contributed by atoms with Gasteiger partial charge in [0.1, 0.15) is 0 Å². The van der Waals surface area contributed by atoms with E-state index in [9.17, 15) is 0 Å². The number of hydrogen-bond acceptors (Lipinski definition) is 1. The van der Waals surface area contributed by atoms with Crippen LogP contribution in [-0.4, -0.2) is 6.54 Å². The van der Waals surface area contributed by atoms with Gasteiger partial charge in [-0.15, -0.1) is 0 Å². The molecule has 0 aromatic heterocycles. The molecule has 96 valence electrons.